The van der Waals surface area contributed by atoms with Crippen LogP contribution >= 0.6 is 24.0 Å². The molecule has 2 rings (SSSR count). The summed E-state index contributed by atoms with van der Waals surface area (Å²) in [4.78, 5) is 12.0. The number of nitrogens with one attached hydrogen (secondary N) is 1. The number of rotatable bonds is 2. The summed E-state index contributed by atoms with van der Waals surface area (Å²) in [6, 6.07) is 7.48. The predicted octanol–water partition coefficient (Wildman–Crippen LogP) is 2.18. The Bertz CT molecular complexity index is 465. The van der Waals surface area contributed by atoms with Gasteiger partial charge in [-0.1, -0.05) is 36.1 Å². The maximum atomic E-state index is 11.4. The molecule has 1 N–H and O–H groups in total. The van der Waals surface area contributed by atoms with Crippen LogP contribution in [0.4, 0.5) is 0 Å². The molecule has 5 heteroatoms. The topological polar surface area (TPSA) is 38.3 Å². The van der Waals surface area contributed by atoms with Crippen molar-refractivity contribution >= 4 is 40.3 Å². The summed E-state index contributed by atoms with van der Waals surface area (Å²) < 4.78 is 5.56. The smallest absolute Gasteiger partial charge is 0.263 e. The summed E-state index contributed by atoms with van der Waals surface area (Å²) in [5.41, 5.74) is 0.947. The van der Waals surface area contributed by atoms with Crippen molar-refractivity contribution in [2.45, 2.75) is 0 Å². The summed E-state index contributed by atoms with van der Waals surface area (Å²) in [7, 11) is 1.62. The zero-order valence-corrected chi connectivity index (χ0v) is 10.2. The zero-order chi connectivity index (χ0) is 11.5. The molecule has 0 spiro atoms. The highest BCUT2D eigenvalue weighted by atomic mass is 32.2. The van der Waals surface area contributed by atoms with Gasteiger partial charge in [0.1, 0.15) is 10.1 Å². The van der Waals surface area contributed by atoms with Crippen LogP contribution in [0.15, 0.2) is 29.2 Å². The number of amides is 1. The minimum absolute atomic E-state index is 0.134. The lowest BCUT2D eigenvalue weighted by atomic mass is 10.2. The van der Waals surface area contributed by atoms with E-state index in [2.05, 4.69) is 5.32 Å². The average molecular weight is 251 g/mol. The lowest BCUT2D eigenvalue weighted by Crippen LogP contribution is -2.17. The average Bonchev–Trinajstić information content (AvgIpc) is 2.59. The lowest BCUT2D eigenvalue weighted by Gasteiger charge is -1.99. The van der Waals surface area contributed by atoms with Crippen LogP contribution in [0.25, 0.3) is 6.08 Å². The Morgan fingerprint density at radius 3 is 2.56 bits per heavy atom. The molecule has 0 aliphatic carbocycles. The first kappa shape index (κ1) is 11.2. The van der Waals surface area contributed by atoms with Crippen LogP contribution in [0.1, 0.15) is 5.56 Å². The number of ether oxygens (including phenoxy) is 1. The zero-order valence-electron chi connectivity index (χ0n) is 8.52. The van der Waals surface area contributed by atoms with E-state index >= 15 is 0 Å². The Morgan fingerprint density at radius 2 is 2.06 bits per heavy atom. The number of thiocarbonyl (C=S) groups is 1. The fourth-order valence-electron chi connectivity index (χ4n) is 1.27. The standard InChI is InChI=1S/C11H9NO2S2/c1-14-8-4-2-7(3-5-8)6-9-10(13)12-11(15)16-9/h2-6H,1H3,(H,12,13,15)/b9-6+. The fourth-order valence-corrected chi connectivity index (χ4v) is 2.32. The van der Waals surface area contributed by atoms with Gasteiger partial charge in [-0.15, -0.1) is 0 Å². The first-order valence-corrected chi connectivity index (χ1v) is 5.80. The van der Waals surface area contributed by atoms with Gasteiger partial charge in [-0.2, -0.15) is 0 Å². The van der Waals surface area contributed by atoms with Gasteiger partial charge in [0.2, 0.25) is 0 Å². The Balaban J connectivity index is 2.22. The molecular formula is C11H9NO2S2. The molecule has 1 fully saturated rings. The lowest BCUT2D eigenvalue weighted by molar-refractivity contribution is -0.115. The monoisotopic (exact) mass is 251 g/mol. The minimum atomic E-state index is -0.134. The SMILES string of the molecule is COc1ccc(/C=C2/SC(=S)NC2=O)cc1. The summed E-state index contributed by atoms with van der Waals surface area (Å²) >= 11 is 6.18. The number of methoxy groups -OCH3 is 1. The molecule has 1 aliphatic heterocycles. The molecule has 0 aromatic heterocycles. The van der Waals surface area contributed by atoms with Crippen LogP contribution in [0.3, 0.4) is 0 Å². The van der Waals surface area contributed by atoms with E-state index in [1.54, 1.807) is 13.2 Å². The Kier molecular flexibility index (Phi) is 3.26. The quantitative estimate of drug-likeness (QED) is 0.646. The second kappa shape index (κ2) is 4.67. The molecule has 1 aromatic rings. The van der Waals surface area contributed by atoms with Gasteiger partial charge in [0, 0.05) is 0 Å². The predicted molar refractivity (Wildman–Crippen MR) is 69.3 cm³/mol. The van der Waals surface area contributed by atoms with E-state index in [0.717, 1.165) is 11.3 Å². The van der Waals surface area contributed by atoms with E-state index in [0.29, 0.717) is 9.23 Å². The Morgan fingerprint density at radius 1 is 1.38 bits per heavy atom. The molecular weight excluding hydrogens is 242 g/mol. The van der Waals surface area contributed by atoms with E-state index in [-0.39, 0.29) is 5.91 Å². The number of carbonyl (C=O) groups excluding carboxylic acids is 1. The van der Waals surface area contributed by atoms with Crippen molar-refractivity contribution in [3.8, 4) is 5.75 Å². The summed E-state index contributed by atoms with van der Waals surface area (Å²) in [6.45, 7) is 0. The number of thioether (sulfide) groups is 1. The first-order valence-electron chi connectivity index (χ1n) is 4.58. The van der Waals surface area contributed by atoms with E-state index in [1.807, 2.05) is 24.3 Å². The Labute approximate surface area is 103 Å². The highest BCUT2D eigenvalue weighted by molar-refractivity contribution is 8.26. The van der Waals surface area contributed by atoms with Gasteiger partial charge >= 0.3 is 0 Å². The van der Waals surface area contributed by atoms with Gasteiger partial charge in [-0.05, 0) is 23.8 Å². The van der Waals surface area contributed by atoms with E-state index < -0.39 is 0 Å². The van der Waals surface area contributed by atoms with Crippen molar-refractivity contribution in [2.24, 2.45) is 0 Å². The van der Waals surface area contributed by atoms with Crippen molar-refractivity contribution < 1.29 is 9.53 Å². The number of hydrogen-bond donors (Lipinski definition) is 1. The van der Waals surface area contributed by atoms with Crippen molar-refractivity contribution in [1.29, 1.82) is 0 Å². The maximum absolute atomic E-state index is 11.4. The van der Waals surface area contributed by atoms with Crippen molar-refractivity contribution in [3.05, 3.63) is 34.7 Å². The molecule has 0 radical (unpaired) electrons. The minimum Gasteiger partial charge on any atom is -0.497 e. The van der Waals surface area contributed by atoms with Crippen LogP contribution in [0, 0.1) is 0 Å². The highest BCUT2D eigenvalue weighted by Crippen LogP contribution is 2.26. The highest BCUT2D eigenvalue weighted by Gasteiger charge is 2.21. The van der Waals surface area contributed by atoms with Gasteiger partial charge in [-0.25, -0.2) is 0 Å². The molecule has 1 amide bonds. The van der Waals surface area contributed by atoms with Crippen LogP contribution in [-0.2, 0) is 4.79 Å². The molecule has 82 valence electrons. The third-order valence-electron chi connectivity index (χ3n) is 2.06. The maximum Gasteiger partial charge on any atom is 0.263 e. The Hall–Kier alpha value is -1.33. The van der Waals surface area contributed by atoms with Gasteiger partial charge < -0.3 is 10.1 Å². The van der Waals surface area contributed by atoms with Crippen molar-refractivity contribution in [3.63, 3.8) is 0 Å². The van der Waals surface area contributed by atoms with Gasteiger partial charge in [0.25, 0.3) is 5.91 Å². The van der Waals surface area contributed by atoms with E-state index in [9.17, 15) is 4.79 Å². The van der Waals surface area contributed by atoms with Gasteiger partial charge in [-0.3, -0.25) is 4.79 Å². The summed E-state index contributed by atoms with van der Waals surface area (Å²) in [5.74, 6) is 0.659. The molecule has 0 bridgehead atoms. The van der Waals surface area contributed by atoms with E-state index in [4.69, 9.17) is 17.0 Å². The molecule has 1 saturated heterocycles. The number of benzene rings is 1. The normalized spacial score (nSPS) is 17.7. The van der Waals surface area contributed by atoms with Crippen LogP contribution < -0.4 is 10.1 Å². The molecule has 3 nitrogen and oxygen atoms in total. The summed E-state index contributed by atoms with van der Waals surface area (Å²) in [6.07, 6.45) is 1.80. The van der Waals surface area contributed by atoms with E-state index in [1.165, 1.54) is 11.8 Å². The second-order valence-electron chi connectivity index (χ2n) is 3.13. The summed E-state index contributed by atoms with van der Waals surface area (Å²) in [5, 5.41) is 2.57. The van der Waals surface area contributed by atoms with Crippen LogP contribution in [0.2, 0.25) is 0 Å². The third kappa shape index (κ3) is 2.43. The fraction of sp³-hybridized carbons (Fsp3) is 0.0909. The number of hydrogen-bond acceptors (Lipinski definition) is 4. The van der Waals surface area contributed by atoms with Gasteiger partial charge in [0.15, 0.2) is 0 Å². The second-order valence-corrected chi connectivity index (χ2v) is 4.84. The number of carbonyl (C=O) groups is 1. The largest absolute Gasteiger partial charge is 0.497 e. The third-order valence-corrected chi connectivity index (χ3v) is 3.22. The molecule has 1 aliphatic rings. The molecule has 1 aromatic carbocycles. The van der Waals surface area contributed by atoms with Crippen LogP contribution in [-0.4, -0.2) is 17.3 Å². The van der Waals surface area contributed by atoms with Crippen molar-refractivity contribution in [1.82, 2.24) is 5.32 Å². The molecule has 0 atom stereocenters. The first-order chi connectivity index (χ1) is 7.69. The molecule has 0 unspecified atom stereocenters. The molecule has 1 heterocycles. The van der Waals surface area contributed by atoms with Crippen LogP contribution in [0.5, 0.6) is 5.75 Å². The molecule has 16 heavy (non-hydrogen) atoms. The molecule has 0 saturated carbocycles. The van der Waals surface area contributed by atoms with Crippen molar-refractivity contribution in [2.75, 3.05) is 7.11 Å². The van der Waals surface area contributed by atoms with Gasteiger partial charge in [0.05, 0.1) is 12.0 Å².